The van der Waals surface area contributed by atoms with E-state index in [0.717, 1.165) is 29.9 Å². The molecule has 2 fully saturated rings. The number of likely N-dealkylation sites (tertiary alicyclic amines) is 1. The maximum absolute atomic E-state index is 4.93. The number of guanidine groups is 1. The lowest BCUT2D eigenvalue weighted by atomic mass is 10.1. The molecule has 0 atom stereocenters. The quantitative estimate of drug-likeness (QED) is 0.345. The Bertz CT molecular complexity index is 856. The number of nitrogens with one attached hydrogen (secondary N) is 2. The lowest BCUT2D eigenvalue weighted by Gasteiger charge is -2.33. The van der Waals surface area contributed by atoms with Gasteiger partial charge in [-0.15, -0.1) is 24.0 Å². The molecule has 2 aromatic rings. The number of aliphatic imine (C=N–C) groups is 1. The second-order valence-electron chi connectivity index (χ2n) is 8.43. The van der Waals surface area contributed by atoms with Crippen molar-refractivity contribution in [3.63, 3.8) is 0 Å². The van der Waals surface area contributed by atoms with Crippen LogP contribution in [0.1, 0.15) is 38.2 Å². The predicted octanol–water partition coefficient (Wildman–Crippen LogP) is 3.60. The molecule has 7 heteroatoms. The molecule has 1 saturated heterocycles. The second-order valence-corrected chi connectivity index (χ2v) is 8.43. The number of piperidine rings is 1. The average molecular weight is 522 g/mol. The van der Waals surface area contributed by atoms with Gasteiger partial charge in [-0.05, 0) is 50.3 Å². The third-order valence-corrected chi connectivity index (χ3v) is 5.93. The molecule has 0 unspecified atom stereocenters. The molecule has 2 aliphatic rings. The summed E-state index contributed by atoms with van der Waals surface area (Å²) in [5, 5.41) is 8.29. The largest absolute Gasteiger partial charge is 0.363 e. The van der Waals surface area contributed by atoms with Gasteiger partial charge in [-0.3, -0.25) is 0 Å². The Morgan fingerprint density at radius 1 is 1.17 bits per heavy atom. The molecule has 1 aromatic carbocycles. The number of benzene rings is 1. The van der Waals surface area contributed by atoms with Crippen LogP contribution >= 0.6 is 24.0 Å². The number of pyridine rings is 1. The monoisotopic (exact) mass is 522 g/mol. The van der Waals surface area contributed by atoms with Crippen molar-refractivity contribution in [2.24, 2.45) is 4.99 Å². The van der Waals surface area contributed by atoms with Crippen LogP contribution in [0.4, 0.5) is 5.82 Å². The molecule has 0 radical (unpaired) electrons. The first-order valence-corrected chi connectivity index (χ1v) is 11.0. The van der Waals surface area contributed by atoms with E-state index in [2.05, 4.69) is 51.6 Å². The summed E-state index contributed by atoms with van der Waals surface area (Å²) in [6.07, 6.45) is 5.20. The van der Waals surface area contributed by atoms with Crippen molar-refractivity contribution >= 4 is 46.7 Å². The number of hydrogen-bond donors (Lipinski definition) is 2. The van der Waals surface area contributed by atoms with Gasteiger partial charge < -0.3 is 20.4 Å². The normalized spacial score (nSPS) is 18.2. The number of para-hydroxylation sites is 1. The maximum atomic E-state index is 4.93. The van der Waals surface area contributed by atoms with Crippen molar-refractivity contribution in [1.82, 2.24) is 20.5 Å². The minimum atomic E-state index is 0. The second kappa shape index (κ2) is 10.6. The fraction of sp³-hybridized carbons (Fsp3) is 0.565. The molecule has 164 valence electrons. The van der Waals surface area contributed by atoms with E-state index in [1.165, 1.54) is 49.7 Å². The van der Waals surface area contributed by atoms with E-state index < -0.39 is 0 Å². The van der Waals surface area contributed by atoms with Crippen LogP contribution in [0.5, 0.6) is 0 Å². The highest BCUT2D eigenvalue weighted by molar-refractivity contribution is 14.0. The van der Waals surface area contributed by atoms with Gasteiger partial charge in [0.05, 0.1) is 12.1 Å². The van der Waals surface area contributed by atoms with E-state index in [9.17, 15) is 0 Å². The van der Waals surface area contributed by atoms with Crippen LogP contribution in [0.3, 0.4) is 0 Å². The van der Waals surface area contributed by atoms with Crippen LogP contribution in [-0.4, -0.2) is 61.7 Å². The summed E-state index contributed by atoms with van der Waals surface area (Å²) in [7, 11) is 4.06. The fourth-order valence-electron chi connectivity index (χ4n) is 4.12. The van der Waals surface area contributed by atoms with Crippen molar-refractivity contribution in [2.45, 2.75) is 51.2 Å². The van der Waals surface area contributed by atoms with Crippen LogP contribution < -0.4 is 15.5 Å². The summed E-state index contributed by atoms with van der Waals surface area (Å²) in [6.45, 7) is 6.05. The summed E-state index contributed by atoms with van der Waals surface area (Å²) in [4.78, 5) is 14.4. The molecular formula is C23H35IN6. The molecule has 1 aromatic heterocycles. The molecule has 2 heterocycles. The van der Waals surface area contributed by atoms with E-state index >= 15 is 0 Å². The summed E-state index contributed by atoms with van der Waals surface area (Å²) in [6, 6.07) is 11.9. The first kappa shape index (κ1) is 23.1. The zero-order valence-electron chi connectivity index (χ0n) is 18.4. The van der Waals surface area contributed by atoms with Crippen LogP contribution in [0.2, 0.25) is 0 Å². The lowest BCUT2D eigenvalue weighted by Crippen LogP contribution is -2.49. The summed E-state index contributed by atoms with van der Waals surface area (Å²) in [5.41, 5.74) is 2.23. The van der Waals surface area contributed by atoms with Crippen molar-refractivity contribution in [2.75, 3.05) is 38.6 Å². The van der Waals surface area contributed by atoms with E-state index in [1.807, 2.05) is 20.2 Å². The van der Waals surface area contributed by atoms with Crippen LogP contribution in [0.15, 0.2) is 35.3 Å². The van der Waals surface area contributed by atoms with Crippen molar-refractivity contribution < 1.29 is 0 Å². The Balaban J connectivity index is 0.00000256. The van der Waals surface area contributed by atoms with Gasteiger partial charge in [0.2, 0.25) is 0 Å². The van der Waals surface area contributed by atoms with Gasteiger partial charge in [-0.2, -0.15) is 0 Å². The molecule has 0 bridgehead atoms. The molecular weight excluding hydrogens is 487 g/mol. The Hall–Kier alpha value is -1.61. The third kappa shape index (κ3) is 5.75. The van der Waals surface area contributed by atoms with E-state index in [-0.39, 0.29) is 24.0 Å². The van der Waals surface area contributed by atoms with Gasteiger partial charge in [-0.25, -0.2) is 9.98 Å². The van der Waals surface area contributed by atoms with Crippen LogP contribution in [-0.2, 0) is 6.54 Å². The van der Waals surface area contributed by atoms with Gasteiger partial charge in [0, 0.05) is 51.2 Å². The highest BCUT2D eigenvalue weighted by Crippen LogP contribution is 2.29. The van der Waals surface area contributed by atoms with Crippen LogP contribution in [0, 0.1) is 0 Å². The van der Waals surface area contributed by atoms with Crippen molar-refractivity contribution in [1.29, 1.82) is 0 Å². The summed E-state index contributed by atoms with van der Waals surface area (Å²) >= 11 is 0. The molecule has 1 saturated carbocycles. The van der Waals surface area contributed by atoms with Gasteiger partial charge in [-0.1, -0.05) is 18.2 Å². The maximum Gasteiger partial charge on any atom is 0.191 e. The van der Waals surface area contributed by atoms with Gasteiger partial charge in [0.1, 0.15) is 5.82 Å². The van der Waals surface area contributed by atoms with Crippen LogP contribution in [0.25, 0.3) is 10.9 Å². The number of nitrogens with zero attached hydrogens (tertiary/aromatic N) is 4. The smallest absolute Gasteiger partial charge is 0.191 e. The number of aromatic nitrogens is 1. The Morgan fingerprint density at radius 2 is 1.90 bits per heavy atom. The van der Waals surface area contributed by atoms with Crippen molar-refractivity contribution in [3.8, 4) is 0 Å². The molecule has 30 heavy (non-hydrogen) atoms. The zero-order chi connectivity index (χ0) is 20.2. The SMILES string of the molecule is CCNC(=NCc1cc(N(C)C)nc2ccccc12)NC1CCN(C2CC2)CC1.I. The molecule has 0 spiro atoms. The fourth-order valence-corrected chi connectivity index (χ4v) is 4.12. The van der Waals surface area contributed by atoms with E-state index in [4.69, 9.17) is 9.98 Å². The predicted molar refractivity (Wildman–Crippen MR) is 137 cm³/mol. The standard InChI is InChI=1S/C23H34N6.HI/c1-4-24-23(26-18-11-13-29(14-12-18)19-9-10-19)25-16-17-15-22(28(2)3)27-21-8-6-5-7-20(17)21;/h5-8,15,18-19H,4,9-14,16H2,1-3H3,(H2,24,25,26);1H. The topological polar surface area (TPSA) is 55.8 Å². The molecule has 2 N–H and O–H groups in total. The van der Waals surface area contributed by atoms with E-state index in [0.29, 0.717) is 12.6 Å². The highest BCUT2D eigenvalue weighted by atomic mass is 127. The summed E-state index contributed by atoms with van der Waals surface area (Å²) in [5.74, 6) is 1.89. The number of hydrogen-bond acceptors (Lipinski definition) is 4. The van der Waals surface area contributed by atoms with Gasteiger partial charge >= 0.3 is 0 Å². The number of anilines is 1. The Morgan fingerprint density at radius 3 is 2.57 bits per heavy atom. The molecule has 6 nitrogen and oxygen atoms in total. The van der Waals surface area contributed by atoms with Gasteiger partial charge in [0.15, 0.2) is 5.96 Å². The van der Waals surface area contributed by atoms with Gasteiger partial charge in [0.25, 0.3) is 0 Å². The molecule has 0 amide bonds. The summed E-state index contributed by atoms with van der Waals surface area (Å²) < 4.78 is 0. The molecule has 1 aliphatic heterocycles. The number of fused-ring (bicyclic) bond motifs is 1. The minimum Gasteiger partial charge on any atom is -0.363 e. The molecule has 1 aliphatic carbocycles. The zero-order valence-corrected chi connectivity index (χ0v) is 20.7. The Kier molecular flexibility index (Phi) is 8.16. The van der Waals surface area contributed by atoms with E-state index in [1.54, 1.807) is 0 Å². The lowest BCUT2D eigenvalue weighted by molar-refractivity contribution is 0.197. The Labute approximate surface area is 197 Å². The van der Waals surface area contributed by atoms with Crippen molar-refractivity contribution in [3.05, 3.63) is 35.9 Å². The first-order valence-electron chi connectivity index (χ1n) is 11.0. The minimum absolute atomic E-state index is 0. The number of halogens is 1. The first-order chi connectivity index (χ1) is 14.1. The average Bonchev–Trinajstić information content (AvgIpc) is 3.57. The number of rotatable bonds is 6. The molecule has 4 rings (SSSR count). The highest BCUT2D eigenvalue weighted by Gasteiger charge is 2.31. The third-order valence-electron chi connectivity index (χ3n) is 5.93.